The lowest BCUT2D eigenvalue weighted by molar-refractivity contribution is 0.333. The summed E-state index contributed by atoms with van der Waals surface area (Å²) in [7, 11) is 0. The fraction of sp³-hybridized carbons (Fsp3) is 0.500. The summed E-state index contributed by atoms with van der Waals surface area (Å²) in [6, 6.07) is 5.30. The standard InChI is InChI=1S/C18H21N7OS/c1-11-7-12(2)25(20-11)15-5-6-16(26)24(21-15)10-13-8-23(9-13)18-19-17(22-27-18)14-3-4-14/h5-7,13-14H,3-4,8-10H2,1-2H3. The lowest BCUT2D eigenvalue weighted by atomic mass is 10.0. The minimum absolute atomic E-state index is 0.0781. The van der Waals surface area contributed by atoms with Gasteiger partial charge < -0.3 is 4.90 Å². The number of aryl methyl sites for hydroxylation is 2. The van der Waals surface area contributed by atoms with Crippen LogP contribution < -0.4 is 10.5 Å². The maximum atomic E-state index is 12.2. The summed E-state index contributed by atoms with van der Waals surface area (Å²) in [5.74, 6) is 2.66. The highest BCUT2D eigenvalue weighted by molar-refractivity contribution is 7.09. The first-order valence-corrected chi connectivity index (χ1v) is 10.0. The molecule has 4 heterocycles. The van der Waals surface area contributed by atoms with Crippen molar-refractivity contribution in [3.8, 4) is 5.82 Å². The van der Waals surface area contributed by atoms with E-state index in [0.717, 1.165) is 35.4 Å². The highest BCUT2D eigenvalue weighted by atomic mass is 32.1. The van der Waals surface area contributed by atoms with Gasteiger partial charge in [0.2, 0.25) is 5.13 Å². The Bertz CT molecular complexity index is 1040. The molecule has 9 heteroatoms. The van der Waals surface area contributed by atoms with Crippen molar-refractivity contribution >= 4 is 16.7 Å². The molecule has 0 spiro atoms. The van der Waals surface area contributed by atoms with Crippen molar-refractivity contribution in [2.75, 3.05) is 18.0 Å². The molecule has 0 unspecified atom stereocenters. The average molecular weight is 383 g/mol. The van der Waals surface area contributed by atoms with E-state index in [1.165, 1.54) is 24.4 Å². The number of hydrogen-bond acceptors (Lipinski definition) is 7. The maximum Gasteiger partial charge on any atom is 0.266 e. The molecule has 0 bridgehead atoms. The molecule has 0 amide bonds. The molecule has 1 aliphatic heterocycles. The van der Waals surface area contributed by atoms with Gasteiger partial charge >= 0.3 is 0 Å². The molecule has 1 saturated heterocycles. The molecule has 5 rings (SSSR count). The molecule has 3 aromatic rings. The van der Waals surface area contributed by atoms with Crippen molar-refractivity contribution < 1.29 is 0 Å². The van der Waals surface area contributed by atoms with Crippen molar-refractivity contribution in [1.82, 2.24) is 28.9 Å². The summed E-state index contributed by atoms with van der Waals surface area (Å²) >= 11 is 1.49. The smallest absolute Gasteiger partial charge is 0.266 e. The highest BCUT2D eigenvalue weighted by Gasteiger charge is 2.33. The van der Waals surface area contributed by atoms with Gasteiger partial charge in [0.05, 0.1) is 12.2 Å². The Morgan fingerprint density at radius 1 is 1.19 bits per heavy atom. The van der Waals surface area contributed by atoms with E-state index in [-0.39, 0.29) is 5.56 Å². The van der Waals surface area contributed by atoms with Crippen molar-refractivity contribution in [3.05, 3.63) is 45.8 Å². The quantitative estimate of drug-likeness (QED) is 0.669. The van der Waals surface area contributed by atoms with Crippen LogP contribution in [0, 0.1) is 19.8 Å². The Morgan fingerprint density at radius 2 is 2.00 bits per heavy atom. The van der Waals surface area contributed by atoms with E-state index in [2.05, 4.69) is 24.5 Å². The van der Waals surface area contributed by atoms with E-state index < -0.39 is 0 Å². The first kappa shape index (κ1) is 16.6. The predicted molar refractivity (Wildman–Crippen MR) is 103 cm³/mol. The van der Waals surface area contributed by atoms with Gasteiger partial charge in [0, 0.05) is 48.2 Å². The van der Waals surface area contributed by atoms with Crippen molar-refractivity contribution in [3.63, 3.8) is 0 Å². The van der Waals surface area contributed by atoms with Gasteiger partial charge in [0.15, 0.2) is 5.82 Å². The van der Waals surface area contributed by atoms with Crippen LogP contribution in [0.3, 0.4) is 0 Å². The summed E-state index contributed by atoms with van der Waals surface area (Å²) in [5, 5.41) is 9.99. The molecule has 1 aliphatic carbocycles. The Balaban J connectivity index is 1.28. The zero-order chi connectivity index (χ0) is 18.5. The first-order chi connectivity index (χ1) is 13.1. The zero-order valence-corrected chi connectivity index (χ0v) is 16.2. The monoisotopic (exact) mass is 383 g/mol. The Kier molecular flexibility index (Phi) is 3.85. The van der Waals surface area contributed by atoms with Crippen LogP contribution in [-0.2, 0) is 6.54 Å². The van der Waals surface area contributed by atoms with Crippen LogP contribution in [0.5, 0.6) is 0 Å². The second kappa shape index (κ2) is 6.26. The topological polar surface area (TPSA) is 81.7 Å². The highest BCUT2D eigenvalue weighted by Crippen LogP contribution is 2.40. The third-order valence-corrected chi connectivity index (χ3v) is 5.90. The predicted octanol–water partition coefficient (Wildman–Crippen LogP) is 1.91. The molecule has 1 saturated carbocycles. The second-order valence-corrected chi connectivity index (χ2v) is 8.26. The Morgan fingerprint density at radius 3 is 2.70 bits per heavy atom. The molecule has 8 nitrogen and oxygen atoms in total. The largest absolute Gasteiger partial charge is 0.346 e. The minimum Gasteiger partial charge on any atom is -0.346 e. The first-order valence-electron chi connectivity index (χ1n) is 9.27. The molecule has 2 fully saturated rings. The number of hydrogen-bond donors (Lipinski definition) is 0. The minimum atomic E-state index is -0.0781. The lowest BCUT2D eigenvalue weighted by Crippen LogP contribution is -2.49. The van der Waals surface area contributed by atoms with E-state index >= 15 is 0 Å². The molecule has 0 aromatic carbocycles. The van der Waals surface area contributed by atoms with Crippen LogP contribution in [0.4, 0.5) is 5.13 Å². The Hall–Kier alpha value is -2.55. The SMILES string of the molecule is Cc1cc(C)n(-c2ccc(=O)n(CC3CN(c4nc(C5CC5)ns4)C3)n2)n1. The summed E-state index contributed by atoms with van der Waals surface area (Å²) in [6.45, 7) is 6.31. The molecule has 3 aromatic heterocycles. The third kappa shape index (κ3) is 3.16. The summed E-state index contributed by atoms with van der Waals surface area (Å²) in [6.07, 6.45) is 2.44. The molecule has 0 N–H and O–H groups in total. The third-order valence-electron chi connectivity index (χ3n) is 5.11. The van der Waals surface area contributed by atoms with E-state index in [1.807, 2.05) is 19.9 Å². The summed E-state index contributed by atoms with van der Waals surface area (Å²) in [5.41, 5.74) is 1.86. The Labute approximate surface area is 160 Å². The molecule has 27 heavy (non-hydrogen) atoms. The molecule has 2 aliphatic rings. The average Bonchev–Trinajstić information content (AvgIpc) is 3.25. The van der Waals surface area contributed by atoms with Gasteiger partial charge in [-0.05, 0) is 38.8 Å². The van der Waals surface area contributed by atoms with E-state index in [9.17, 15) is 4.79 Å². The van der Waals surface area contributed by atoms with E-state index in [1.54, 1.807) is 21.5 Å². The molecule has 140 valence electrons. The summed E-state index contributed by atoms with van der Waals surface area (Å²) < 4.78 is 7.81. The van der Waals surface area contributed by atoms with Crippen LogP contribution in [0.2, 0.25) is 0 Å². The van der Waals surface area contributed by atoms with Gasteiger partial charge in [-0.2, -0.15) is 9.47 Å². The van der Waals surface area contributed by atoms with Crippen LogP contribution in [0.15, 0.2) is 23.0 Å². The second-order valence-electron chi connectivity index (χ2n) is 7.53. The number of rotatable bonds is 5. The van der Waals surface area contributed by atoms with Crippen LogP contribution in [-0.4, -0.2) is 42.0 Å². The molecule has 0 radical (unpaired) electrons. The molecular formula is C18H21N7OS. The zero-order valence-electron chi connectivity index (χ0n) is 15.4. The normalized spacial score (nSPS) is 17.3. The van der Waals surface area contributed by atoms with Crippen LogP contribution in [0.25, 0.3) is 5.82 Å². The van der Waals surface area contributed by atoms with E-state index in [0.29, 0.717) is 24.2 Å². The molecular weight excluding hydrogens is 362 g/mol. The van der Waals surface area contributed by atoms with Crippen molar-refractivity contribution in [1.29, 1.82) is 0 Å². The van der Waals surface area contributed by atoms with Gasteiger partial charge in [-0.25, -0.2) is 14.3 Å². The number of anilines is 1. The number of nitrogens with zero attached hydrogens (tertiary/aromatic N) is 7. The van der Waals surface area contributed by atoms with Crippen molar-refractivity contribution in [2.45, 2.75) is 39.2 Å². The van der Waals surface area contributed by atoms with E-state index in [4.69, 9.17) is 0 Å². The van der Waals surface area contributed by atoms with Gasteiger partial charge in [-0.3, -0.25) is 4.79 Å². The van der Waals surface area contributed by atoms with Crippen molar-refractivity contribution in [2.24, 2.45) is 5.92 Å². The van der Waals surface area contributed by atoms with Crippen LogP contribution >= 0.6 is 11.5 Å². The van der Waals surface area contributed by atoms with Crippen LogP contribution in [0.1, 0.15) is 36.0 Å². The fourth-order valence-electron chi connectivity index (χ4n) is 3.49. The van der Waals surface area contributed by atoms with Gasteiger partial charge in [0.1, 0.15) is 5.82 Å². The van der Waals surface area contributed by atoms with Gasteiger partial charge in [-0.1, -0.05) is 0 Å². The number of aromatic nitrogens is 6. The molecule has 0 atom stereocenters. The summed E-state index contributed by atoms with van der Waals surface area (Å²) in [4.78, 5) is 19.1. The fourth-order valence-corrected chi connectivity index (χ4v) is 4.26. The lowest BCUT2D eigenvalue weighted by Gasteiger charge is -2.38. The van der Waals surface area contributed by atoms with Gasteiger partial charge in [-0.15, -0.1) is 5.10 Å². The van der Waals surface area contributed by atoms with Gasteiger partial charge in [0.25, 0.3) is 5.56 Å². The maximum absolute atomic E-state index is 12.2.